The Kier molecular flexibility index (Phi) is 4.34. The van der Waals surface area contributed by atoms with E-state index in [9.17, 15) is 4.79 Å². The Morgan fingerprint density at radius 2 is 2.18 bits per heavy atom. The van der Waals surface area contributed by atoms with Gasteiger partial charge < -0.3 is 5.73 Å². The molecule has 1 rings (SSSR count). The first kappa shape index (κ1) is 13.3. The first-order chi connectivity index (χ1) is 7.97. The number of aliphatic imine (C=N–C) groups is 1. The van der Waals surface area contributed by atoms with Crippen LogP contribution in [0.25, 0.3) is 0 Å². The van der Waals surface area contributed by atoms with Crippen molar-refractivity contribution >= 4 is 29.3 Å². The number of carbonyl (C=O) groups is 1. The predicted octanol–water partition coefficient (Wildman–Crippen LogP) is 1.74. The fraction of sp³-hybridized carbons (Fsp3) is 0.273. The maximum Gasteiger partial charge on any atom is 0.328 e. The molecule has 0 aliphatic carbocycles. The molecule has 0 aliphatic heterocycles. The fourth-order valence-electron chi connectivity index (χ4n) is 1.40. The molecule has 2 amide bonds. The van der Waals surface area contributed by atoms with Gasteiger partial charge in [0.1, 0.15) is 0 Å². The van der Waals surface area contributed by atoms with E-state index in [-0.39, 0.29) is 12.0 Å². The molecule has 1 aromatic rings. The van der Waals surface area contributed by atoms with Gasteiger partial charge in [0.25, 0.3) is 0 Å². The number of nitrogens with two attached hydrogens (primary N) is 1. The Bertz CT molecular complexity index is 439. The number of hydrogen-bond acceptors (Lipinski definition) is 2. The highest BCUT2D eigenvalue weighted by molar-refractivity contribution is 6.34. The summed E-state index contributed by atoms with van der Waals surface area (Å²) in [5.74, 6) is 0.0616. The molecule has 17 heavy (non-hydrogen) atoms. The topological polar surface area (TPSA) is 70.7 Å². The summed E-state index contributed by atoms with van der Waals surface area (Å²) in [4.78, 5) is 16.9. The highest BCUT2D eigenvalue weighted by Gasteiger charge is 2.16. The van der Waals surface area contributed by atoms with Crippen molar-refractivity contribution in [2.24, 2.45) is 10.7 Å². The lowest BCUT2D eigenvalue weighted by atomic mass is 10.2. The maximum atomic E-state index is 11.8. The van der Waals surface area contributed by atoms with Crippen molar-refractivity contribution in [2.75, 3.05) is 19.0 Å². The van der Waals surface area contributed by atoms with Crippen LogP contribution in [-0.2, 0) is 0 Å². The molecule has 0 aliphatic rings. The van der Waals surface area contributed by atoms with E-state index in [0.717, 1.165) is 5.56 Å². The second-order valence-corrected chi connectivity index (χ2v) is 3.91. The normalized spacial score (nSPS) is 11.2. The summed E-state index contributed by atoms with van der Waals surface area (Å²) in [7, 11) is 3.11. The van der Waals surface area contributed by atoms with Crippen molar-refractivity contribution in [1.29, 1.82) is 0 Å². The van der Waals surface area contributed by atoms with Crippen molar-refractivity contribution in [1.82, 2.24) is 5.32 Å². The van der Waals surface area contributed by atoms with E-state index in [1.165, 1.54) is 11.9 Å². The Morgan fingerprint density at radius 3 is 2.71 bits per heavy atom. The van der Waals surface area contributed by atoms with Crippen LogP contribution in [0.1, 0.15) is 5.56 Å². The average Bonchev–Trinajstić information content (AvgIpc) is 2.28. The van der Waals surface area contributed by atoms with E-state index < -0.39 is 0 Å². The minimum absolute atomic E-state index is 0.0616. The first-order valence-corrected chi connectivity index (χ1v) is 5.37. The zero-order valence-corrected chi connectivity index (χ0v) is 10.7. The Balaban J connectivity index is 2.97. The number of guanidine groups is 1. The second-order valence-electron chi connectivity index (χ2n) is 3.50. The van der Waals surface area contributed by atoms with E-state index in [0.29, 0.717) is 10.7 Å². The molecule has 0 bridgehead atoms. The van der Waals surface area contributed by atoms with Gasteiger partial charge in [-0.1, -0.05) is 23.7 Å². The van der Waals surface area contributed by atoms with Gasteiger partial charge in [0.15, 0.2) is 5.96 Å². The van der Waals surface area contributed by atoms with Gasteiger partial charge in [0, 0.05) is 14.1 Å². The van der Waals surface area contributed by atoms with Crippen molar-refractivity contribution in [3.8, 4) is 0 Å². The minimum atomic E-state index is -0.385. The third-order valence-electron chi connectivity index (χ3n) is 2.30. The summed E-state index contributed by atoms with van der Waals surface area (Å²) >= 11 is 6.06. The molecule has 0 spiro atoms. The summed E-state index contributed by atoms with van der Waals surface area (Å²) in [6.07, 6.45) is 0. The molecule has 0 fully saturated rings. The zero-order chi connectivity index (χ0) is 13.0. The molecule has 0 aromatic heterocycles. The van der Waals surface area contributed by atoms with Crippen LogP contribution in [0.5, 0.6) is 0 Å². The Hall–Kier alpha value is -1.75. The van der Waals surface area contributed by atoms with E-state index in [2.05, 4.69) is 10.3 Å². The number of hydrogen-bond donors (Lipinski definition) is 2. The molecule has 5 nitrogen and oxygen atoms in total. The summed E-state index contributed by atoms with van der Waals surface area (Å²) in [5.41, 5.74) is 6.98. The van der Waals surface area contributed by atoms with Crippen LogP contribution in [0.4, 0.5) is 10.5 Å². The van der Waals surface area contributed by atoms with Crippen LogP contribution in [0.3, 0.4) is 0 Å². The third-order valence-corrected chi connectivity index (χ3v) is 2.61. The van der Waals surface area contributed by atoms with Crippen LogP contribution in [0.2, 0.25) is 5.02 Å². The molecule has 0 radical (unpaired) electrons. The van der Waals surface area contributed by atoms with Gasteiger partial charge in [-0.05, 0) is 18.6 Å². The predicted molar refractivity (Wildman–Crippen MR) is 70.7 cm³/mol. The van der Waals surface area contributed by atoms with Crippen molar-refractivity contribution in [3.05, 3.63) is 28.8 Å². The number of anilines is 1. The number of aryl methyl sites for hydroxylation is 1. The van der Waals surface area contributed by atoms with Gasteiger partial charge in [-0.3, -0.25) is 15.2 Å². The number of nitrogens with zero attached hydrogens (tertiary/aromatic N) is 2. The maximum absolute atomic E-state index is 11.8. The van der Waals surface area contributed by atoms with Gasteiger partial charge in [0.05, 0.1) is 10.7 Å². The molecular formula is C11H15ClN4O. The van der Waals surface area contributed by atoms with Crippen molar-refractivity contribution in [2.45, 2.75) is 6.92 Å². The molecular weight excluding hydrogens is 240 g/mol. The average molecular weight is 255 g/mol. The molecule has 0 atom stereocenters. The second kappa shape index (κ2) is 5.54. The standard InChI is InChI=1S/C11H15ClN4O/c1-7-5-4-6-8(12)9(7)16(3)11(17)15-10(13)14-2/h4-6H,1-3H3,(H3,13,14,15,17). The molecule has 1 aromatic carbocycles. The number of benzene rings is 1. The Labute approximate surface area is 105 Å². The zero-order valence-electron chi connectivity index (χ0n) is 9.99. The summed E-state index contributed by atoms with van der Waals surface area (Å²) < 4.78 is 0. The third kappa shape index (κ3) is 3.10. The van der Waals surface area contributed by atoms with Gasteiger partial charge in [-0.25, -0.2) is 4.79 Å². The molecule has 6 heteroatoms. The number of carbonyl (C=O) groups excluding carboxylic acids is 1. The number of nitrogens with one attached hydrogen (secondary N) is 1. The molecule has 0 heterocycles. The van der Waals surface area contributed by atoms with Crippen LogP contribution < -0.4 is 16.0 Å². The molecule has 92 valence electrons. The van der Waals surface area contributed by atoms with E-state index in [4.69, 9.17) is 17.3 Å². The van der Waals surface area contributed by atoms with Crippen molar-refractivity contribution in [3.63, 3.8) is 0 Å². The summed E-state index contributed by atoms with van der Waals surface area (Å²) in [6, 6.07) is 5.05. The first-order valence-electron chi connectivity index (χ1n) is 4.99. The van der Waals surface area contributed by atoms with Gasteiger partial charge in [-0.2, -0.15) is 0 Å². The number of para-hydroxylation sites is 1. The van der Waals surface area contributed by atoms with Gasteiger partial charge in [-0.15, -0.1) is 0 Å². The smallest absolute Gasteiger partial charge is 0.328 e. The largest absolute Gasteiger partial charge is 0.370 e. The summed E-state index contributed by atoms with van der Waals surface area (Å²) in [5, 5.41) is 2.95. The van der Waals surface area contributed by atoms with Crippen LogP contribution >= 0.6 is 11.6 Å². The van der Waals surface area contributed by atoms with Crippen LogP contribution in [-0.4, -0.2) is 26.1 Å². The van der Waals surface area contributed by atoms with Crippen LogP contribution in [0, 0.1) is 6.92 Å². The van der Waals surface area contributed by atoms with E-state index >= 15 is 0 Å². The monoisotopic (exact) mass is 254 g/mol. The van der Waals surface area contributed by atoms with Gasteiger partial charge >= 0.3 is 6.03 Å². The molecule has 0 saturated heterocycles. The fourth-order valence-corrected chi connectivity index (χ4v) is 1.75. The van der Waals surface area contributed by atoms with E-state index in [1.54, 1.807) is 13.1 Å². The molecule has 0 unspecified atom stereocenters. The number of rotatable bonds is 1. The van der Waals surface area contributed by atoms with E-state index in [1.807, 2.05) is 19.1 Å². The lowest BCUT2D eigenvalue weighted by Gasteiger charge is -2.20. The van der Waals surface area contributed by atoms with Gasteiger partial charge in [0.2, 0.25) is 0 Å². The summed E-state index contributed by atoms with van der Waals surface area (Å²) in [6.45, 7) is 1.88. The Morgan fingerprint density at radius 1 is 1.53 bits per heavy atom. The van der Waals surface area contributed by atoms with Crippen molar-refractivity contribution < 1.29 is 4.79 Å². The number of amides is 2. The highest BCUT2D eigenvalue weighted by atomic mass is 35.5. The lowest BCUT2D eigenvalue weighted by molar-refractivity contribution is 0.251. The molecule has 3 N–H and O–H groups in total. The SMILES string of the molecule is CN=C(N)NC(=O)N(C)c1c(C)cccc1Cl. The quantitative estimate of drug-likeness (QED) is 0.592. The number of urea groups is 1. The lowest BCUT2D eigenvalue weighted by Crippen LogP contribution is -2.44. The minimum Gasteiger partial charge on any atom is -0.370 e. The molecule has 0 saturated carbocycles. The highest BCUT2D eigenvalue weighted by Crippen LogP contribution is 2.28. The number of halogens is 1. The van der Waals surface area contributed by atoms with Crippen LogP contribution in [0.15, 0.2) is 23.2 Å².